The maximum Gasteiger partial charge on any atom is 0.311 e. The van der Waals surface area contributed by atoms with Crippen LogP contribution in [0.5, 0.6) is 0 Å². The number of carbonyl (C=O) groups is 1. The molecule has 0 amide bonds. The van der Waals surface area contributed by atoms with Crippen LogP contribution in [-0.4, -0.2) is 18.1 Å². The highest BCUT2D eigenvalue weighted by atomic mass is 35.5. The van der Waals surface area contributed by atoms with Crippen molar-refractivity contribution in [1.29, 1.82) is 0 Å². The number of ether oxygens (including phenoxy) is 1. The second-order valence-electron chi connectivity index (χ2n) is 3.39. The maximum atomic E-state index is 11.1. The Bertz CT molecular complexity index is 540. The van der Waals surface area contributed by atoms with E-state index in [-0.39, 0.29) is 12.4 Å². The summed E-state index contributed by atoms with van der Waals surface area (Å²) >= 11 is 5.86. The molecule has 1 heterocycles. The minimum absolute atomic E-state index is 0.190. The van der Waals surface area contributed by atoms with Gasteiger partial charge in [0.1, 0.15) is 0 Å². The van der Waals surface area contributed by atoms with Gasteiger partial charge >= 0.3 is 5.97 Å². The molecule has 0 aliphatic carbocycles. The fourth-order valence-electron chi connectivity index (χ4n) is 1.46. The zero-order valence-corrected chi connectivity index (χ0v) is 9.49. The van der Waals surface area contributed by atoms with Gasteiger partial charge in [-0.05, 0) is 24.3 Å². The smallest absolute Gasteiger partial charge is 0.311 e. The van der Waals surface area contributed by atoms with E-state index < -0.39 is 0 Å². The van der Waals surface area contributed by atoms with Crippen molar-refractivity contribution in [2.24, 2.45) is 0 Å². The largest absolute Gasteiger partial charge is 0.469 e. The Morgan fingerprint density at radius 2 is 2.19 bits per heavy atom. The fourth-order valence-corrected chi connectivity index (χ4v) is 1.64. The standard InChI is InChI=1S/C12H10ClNO2/c1-16-12(15)7-10-4-2-8-6-9(13)3-5-11(8)14-10/h2-6H,7H2,1H3. The van der Waals surface area contributed by atoms with Crippen molar-refractivity contribution in [2.45, 2.75) is 6.42 Å². The number of rotatable bonds is 2. The number of carbonyl (C=O) groups excluding carboxylic acids is 1. The van der Waals surface area contributed by atoms with Crippen molar-refractivity contribution < 1.29 is 9.53 Å². The number of hydrogen-bond donors (Lipinski definition) is 0. The first-order valence-corrected chi connectivity index (χ1v) is 5.19. The van der Waals surface area contributed by atoms with E-state index >= 15 is 0 Å². The number of nitrogens with zero attached hydrogens (tertiary/aromatic N) is 1. The molecule has 2 rings (SSSR count). The van der Waals surface area contributed by atoms with Gasteiger partial charge in [-0.3, -0.25) is 9.78 Å². The molecule has 2 aromatic rings. The zero-order valence-electron chi connectivity index (χ0n) is 8.74. The maximum absolute atomic E-state index is 11.1. The highest BCUT2D eigenvalue weighted by Gasteiger charge is 2.05. The molecule has 0 aliphatic rings. The van der Waals surface area contributed by atoms with Gasteiger partial charge in [-0.15, -0.1) is 0 Å². The second-order valence-corrected chi connectivity index (χ2v) is 3.83. The lowest BCUT2D eigenvalue weighted by Crippen LogP contribution is -2.05. The molecule has 0 aliphatic heterocycles. The van der Waals surface area contributed by atoms with E-state index in [1.54, 1.807) is 12.1 Å². The first kappa shape index (κ1) is 10.9. The van der Waals surface area contributed by atoms with Crippen LogP contribution < -0.4 is 0 Å². The lowest BCUT2D eigenvalue weighted by Gasteiger charge is -2.02. The Balaban J connectivity index is 2.37. The molecule has 0 bridgehead atoms. The van der Waals surface area contributed by atoms with E-state index in [9.17, 15) is 4.79 Å². The summed E-state index contributed by atoms with van der Waals surface area (Å²) in [4.78, 5) is 15.4. The molecular formula is C12H10ClNO2. The van der Waals surface area contributed by atoms with Crippen molar-refractivity contribution in [2.75, 3.05) is 7.11 Å². The molecule has 0 spiro atoms. The predicted molar refractivity (Wildman–Crippen MR) is 62.5 cm³/mol. The van der Waals surface area contributed by atoms with E-state index in [0.29, 0.717) is 10.7 Å². The summed E-state index contributed by atoms with van der Waals surface area (Å²) in [6.07, 6.45) is 0.190. The molecule has 0 atom stereocenters. The van der Waals surface area contributed by atoms with E-state index in [1.165, 1.54) is 7.11 Å². The summed E-state index contributed by atoms with van der Waals surface area (Å²) in [7, 11) is 1.36. The molecule has 82 valence electrons. The molecule has 16 heavy (non-hydrogen) atoms. The van der Waals surface area contributed by atoms with Crippen LogP contribution in [0.2, 0.25) is 5.02 Å². The van der Waals surface area contributed by atoms with Gasteiger partial charge in [0.2, 0.25) is 0 Å². The number of halogens is 1. The van der Waals surface area contributed by atoms with Crippen LogP contribution in [0, 0.1) is 0 Å². The van der Waals surface area contributed by atoms with Crippen LogP contribution in [0.15, 0.2) is 30.3 Å². The van der Waals surface area contributed by atoms with Gasteiger partial charge in [-0.1, -0.05) is 17.7 Å². The van der Waals surface area contributed by atoms with Crippen molar-refractivity contribution >= 4 is 28.5 Å². The molecule has 0 unspecified atom stereocenters. The van der Waals surface area contributed by atoms with Crippen LogP contribution in [0.1, 0.15) is 5.69 Å². The van der Waals surface area contributed by atoms with Crippen molar-refractivity contribution in [1.82, 2.24) is 4.98 Å². The molecular weight excluding hydrogens is 226 g/mol. The Hall–Kier alpha value is -1.61. The number of aromatic nitrogens is 1. The third kappa shape index (κ3) is 2.31. The first-order chi connectivity index (χ1) is 7.69. The van der Waals surface area contributed by atoms with Gasteiger partial charge in [0.25, 0.3) is 0 Å². The lowest BCUT2D eigenvalue weighted by atomic mass is 10.2. The normalized spacial score (nSPS) is 10.4. The quantitative estimate of drug-likeness (QED) is 0.751. The van der Waals surface area contributed by atoms with Gasteiger partial charge in [-0.2, -0.15) is 0 Å². The van der Waals surface area contributed by atoms with Gasteiger partial charge in [0.15, 0.2) is 0 Å². The molecule has 3 nitrogen and oxygen atoms in total. The zero-order chi connectivity index (χ0) is 11.5. The molecule has 0 N–H and O–H groups in total. The van der Waals surface area contributed by atoms with E-state index in [0.717, 1.165) is 10.9 Å². The van der Waals surface area contributed by atoms with Gasteiger partial charge in [-0.25, -0.2) is 0 Å². The SMILES string of the molecule is COC(=O)Cc1ccc2cc(Cl)ccc2n1. The van der Waals surface area contributed by atoms with Crippen LogP contribution >= 0.6 is 11.6 Å². The van der Waals surface area contributed by atoms with Gasteiger partial charge in [0.05, 0.1) is 24.7 Å². The summed E-state index contributed by atoms with van der Waals surface area (Å²) in [6, 6.07) is 9.14. The second kappa shape index (κ2) is 4.49. The first-order valence-electron chi connectivity index (χ1n) is 4.81. The summed E-state index contributed by atoms with van der Waals surface area (Å²) in [5.41, 5.74) is 1.52. The molecule has 4 heteroatoms. The fraction of sp³-hybridized carbons (Fsp3) is 0.167. The van der Waals surface area contributed by atoms with Crippen LogP contribution in [0.25, 0.3) is 10.9 Å². The summed E-state index contributed by atoms with van der Waals surface area (Å²) in [6.45, 7) is 0. The van der Waals surface area contributed by atoms with E-state index in [1.807, 2.05) is 18.2 Å². The Kier molecular flexibility index (Phi) is 3.06. The van der Waals surface area contributed by atoms with Crippen LogP contribution in [-0.2, 0) is 16.0 Å². The van der Waals surface area contributed by atoms with Crippen LogP contribution in [0.4, 0.5) is 0 Å². The Morgan fingerprint density at radius 1 is 1.38 bits per heavy atom. The van der Waals surface area contributed by atoms with E-state index in [4.69, 9.17) is 11.6 Å². The number of pyridine rings is 1. The Morgan fingerprint density at radius 3 is 2.94 bits per heavy atom. The third-order valence-corrected chi connectivity index (χ3v) is 2.50. The molecule has 1 aromatic heterocycles. The average Bonchev–Trinajstić information content (AvgIpc) is 2.29. The summed E-state index contributed by atoms with van der Waals surface area (Å²) in [5, 5.41) is 1.64. The van der Waals surface area contributed by atoms with Crippen molar-refractivity contribution in [3.05, 3.63) is 41.0 Å². The molecule has 0 fully saturated rings. The minimum atomic E-state index is -0.291. The highest BCUT2D eigenvalue weighted by Crippen LogP contribution is 2.18. The van der Waals surface area contributed by atoms with Crippen molar-refractivity contribution in [3.8, 4) is 0 Å². The summed E-state index contributed by atoms with van der Waals surface area (Å²) in [5.74, 6) is -0.291. The van der Waals surface area contributed by atoms with Crippen LogP contribution in [0.3, 0.4) is 0 Å². The topological polar surface area (TPSA) is 39.2 Å². The molecule has 1 aromatic carbocycles. The molecule has 0 radical (unpaired) electrons. The van der Waals surface area contributed by atoms with Crippen molar-refractivity contribution in [3.63, 3.8) is 0 Å². The van der Waals surface area contributed by atoms with Gasteiger partial charge in [0, 0.05) is 10.4 Å². The monoisotopic (exact) mass is 235 g/mol. The molecule has 0 saturated heterocycles. The summed E-state index contributed by atoms with van der Waals surface area (Å²) < 4.78 is 4.59. The molecule has 0 saturated carbocycles. The van der Waals surface area contributed by atoms with E-state index in [2.05, 4.69) is 9.72 Å². The lowest BCUT2D eigenvalue weighted by molar-refractivity contribution is -0.139. The van der Waals surface area contributed by atoms with Gasteiger partial charge < -0.3 is 4.74 Å². The minimum Gasteiger partial charge on any atom is -0.469 e. The number of benzene rings is 1. The number of hydrogen-bond acceptors (Lipinski definition) is 3. The average molecular weight is 236 g/mol. The number of methoxy groups -OCH3 is 1. The predicted octanol–water partition coefficient (Wildman–Crippen LogP) is 2.60. The number of esters is 1. The number of fused-ring (bicyclic) bond motifs is 1. The Labute approximate surface area is 98.0 Å². The highest BCUT2D eigenvalue weighted by molar-refractivity contribution is 6.31. The third-order valence-electron chi connectivity index (χ3n) is 2.26.